The van der Waals surface area contributed by atoms with Gasteiger partial charge in [0.15, 0.2) is 0 Å². The minimum absolute atomic E-state index is 0.194. The molecular formula is C64H48BNO. The van der Waals surface area contributed by atoms with Crippen molar-refractivity contribution in [3.05, 3.63) is 242 Å². The van der Waals surface area contributed by atoms with Crippen LogP contribution in [0.2, 0.25) is 0 Å². The van der Waals surface area contributed by atoms with Gasteiger partial charge >= 0.3 is 0 Å². The molecule has 2 heterocycles. The summed E-state index contributed by atoms with van der Waals surface area (Å²) in [4.78, 5) is 2.61. The Hall–Kier alpha value is -8.14. The van der Waals surface area contributed by atoms with Gasteiger partial charge in [0, 0.05) is 22.5 Å². The predicted octanol–water partition coefficient (Wildman–Crippen LogP) is 15.4. The van der Waals surface area contributed by atoms with E-state index >= 15 is 0 Å². The van der Waals surface area contributed by atoms with Crippen LogP contribution in [-0.2, 0) is 5.41 Å². The molecule has 0 spiro atoms. The molecule has 12 rings (SSSR count). The first-order valence-electron chi connectivity index (χ1n) is 23.4. The number of fused-ring (bicyclic) bond motifs is 4. The third kappa shape index (κ3) is 7.07. The van der Waals surface area contributed by atoms with Crippen molar-refractivity contribution in [2.24, 2.45) is 0 Å². The Kier molecular flexibility index (Phi) is 9.87. The maximum absolute atomic E-state index is 7.53. The minimum atomic E-state index is -0.196. The lowest BCUT2D eigenvalue weighted by molar-refractivity contribution is 0.483. The number of ether oxygens (including phenoxy) is 1. The summed E-state index contributed by atoms with van der Waals surface area (Å²) >= 11 is 0. The van der Waals surface area contributed by atoms with E-state index in [1.54, 1.807) is 0 Å². The number of hydrogen-bond donors (Lipinski definition) is 0. The Morgan fingerprint density at radius 2 is 0.716 bits per heavy atom. The first-order valence-corrected chi connectivity index (χ1v) is 23.4. The van der Waals surface area contributed by atoms with Crippen LogP contribution in [0.25, 0.3) is 66.8 Å². The normalized spacial score (nSPS) is 12.5. The van der Waals surface area contributed by atoms with E-state index in [2.05, 4.69) is 262 Å². The molecule has 2 aliphatic heterocycles. The molecule has 67 heavy (non-hydrogen) atoms. The number of benzene rings is 10. The van der Waals surface area contributed by atoms with Crippen LogP contribution in [0, 0.1) is 0 Å². The van der Waals surface area contributed by atoms with E-state index in [0.717, 1.165) is 73.1 Å². The second-order valence-electron chi connectivity index (χ2n) is 18.8. The van der Waals surface area contributed by atoms with Gasteiger partial charge in [0.1, 0.15) is 11.5 Å². The van der Waals surface area contributed by atoms with Crippen LogP contribution in [0.5, 0.6) is 11.5 Å². The number of anilines is 3. The lowest BCUT2D eigenvalue weighted by Crippen LogP contribution is -2.60. The molecule has 0 unspecified atom stereocenters. The molecule has 10 aromatic rings. The summed E-state index contributed by atoms with van der Waals surface area (Å²) in [6, 6.07) is 86.5. The standard InChI is InChI=1S/C64H48BNO/c1-64(2,3)51-41-57-62-59(42-51)67-58-40-50(44-25-12-5-13-26-44)38-55(48-33-20-9-21-34-48)61(58)65(62)60-54(47-31-18-8-19-32-47)37-49(43-23-10-4-11-24-43)39-56(60)66(57)63-52(45-27-14-6-15-28-45)35-22-36-53(63)46-29-16-7-17-30-46/h4-42H,1-3H3. The third-order valence-corrected chi connectivity index (χ3v) is 13.7. The predicted molar refractivity (Wildman–Crippen MR) is 284 cm³/mol. The molecule has 0 saturated carbocycles. The zero-order valence-electron chi connectivity index (χ0n) is 37.9. The zero-order chi connectivity index (χ0) is 45.1. The summed E-state index contributed by atoms with van der Waals surface area (Å²) in [5.74, 6) is 1.78. The monoisotopic (exact) mass is 857 g/mol. The van der Waals surface area contributed by atoms with Crippen LogP contribution in [-0.4, -0.2) is 6.71 Å². The molecule has 3 heteroatoms. The van der Waals surface area contributed by atoms with Crippen molar-refractivity contribution in [2.75, 3.05) is 4.90 Å². The van der Waals surface area contributed by atoms with Crippen LogP contribution in [0.3, 0.4) is 0 Å². The minimum Gasteiger partial charge on any atom is -0.458 e. The quantitative estimate of drug-likeness (QED) is 0.148. The molecule has 10 aromatic carbocycles. The average molecular weight is 858 g/mol. The van der Waals surface area contributed by atoms with Crippen LogP contribution in [0.4, 0.5) is 17.1 Å². The van der Waals surface area contributed by atoms with E-state index in [4.69, 9.17) is 4.74 Å². The van der Waals surface area contributed by atoms with E-state index in [1.807, 2.05) is 0 Å². The molecule has 0 aromatic heterocycles. The fraction of sp³-hybridized carbons (Fsp3) is 0.0625. The first-order chi connectivity index (χ1) is 32.9. The summed E-state index contributed by atoms with van der Waals surface area (Å²) in [5.41, 5.74) is 21.9. The maximum atomic E-state index is 7.53. The summed E-state index contributed by atoms with van der Waals surface area (Å²) in [7, 11) is 0. The van der Waals surface area contributed by atoms with Gasteiger partial charge in [0.2, 0.25) is 0 Å². The van der Waals surface area contributed by atoms with Gasteiger partial charge in [-0.15, -0.1) is 0 Å². The molecule has 0 N–H and O–H groups in total. The molecule has 0 bridgehead atoms. The summed E-state index contributed by atoms with van der Waals surface area (Å²) in [6.45, 7) is 6.74. The molecule has 2 nitrogen and oxygen atoms in total. The van der Waals surface area contributed by atoms with E-state index in [1.165, 1.54) is 44.2 Å². The average Bonchev–Trinajstić information content (AvgIpc) is 3.39. The number of nitrogens with zero attached hydrogens (tertiary/aromatic N) is 1. The largest absolute Gasteiger partial charge is 0.458 e. The van der Waals surface area contributed by atoms with Gasteiger partial charge in [0.05, 0.1) is 5.69 Å². The van der Waals surface area contributed by atoms with Crippen molar-refractivity contribution < 1.29 is 4.74 Å². The fourth-order valence-corrected chi connectivity index (χ4v) is 10.5. The van der Waals surface area contributed by atoms with Crippen LogP contribution in [0.1, 0.15) is 26.3 Å². The highest BCUT2D eigenvalue weighted by atomic mass is 16.5. The number of rotatable bonds is 7. The van der Waals surface area contributed by atoms with Gasteiger partial charge in [-0.2, -0.15) is 0 Å². The van der Waals surface area contributed by atoms with Crippen molar-refractivity contribution in [2.45, 2.75) is 26.2 Å². The molecule has 0 fully saturated rings. The molecule has 2 aliphatic rings. The van der Waals surface area contributed by atoms with Crippen LogP contribution in [0.15, 0.2) is 237 Å². The maximum Gasteiger partial charge on any atom is 0.258 e. The van der Waals surface area contributed by atoms with E-state index in [0.29, 0.717) is 0 Å². The smallest absolute Gasteiger partial charge is 0.258 e. The lowest BCUT2D eigenvalue weighted by Gasteiger charge is -2.44. The Bertz CT molecular complexity index is 3380. The number of para-hydroxylation sites is 1. The van der Waals surface area contributed by atoms with Crippen molar-refractivity contribution in [1.82, 2.24) is 0 Å². The molecule has 318 valence electrons. The molecule has 0 radical (unpaired) electrons. The van der Waals surface area contributed by atoms with Crippen molar-refractivity contribution in [3.63, 3.8) is 0 Å². The van der Waals surface area contributed by atoms with Crippen molar-refractivity contribution in [3.8, 4) is 78.3 Å². The molecule has 0 atom stereocenters. The SMILES string of the molecule is CC(C)(C)c1cc2c3c(c1)N(c1c(-c4ccccc4)cccc1-c1ccccc1)c1cc(-c4ccccc4)cc(-c4ccccc4)c1B3c1c(cc(-c3ccccc3)cc1-c1ccccc1)O2. The van der Waals surface area contributed by atoms with Crippen molar-refractivity contribution in [1.29, 1.82) is 0 Å². The Morgan fingerprint density at radius 1 is 0.328 bits per heavy atom. The number of hydrogen-bond acceptors (Lipinski definition) is 2. The van der Waals surface area contributed by atoms with Gasteiger partial charge in [-0.05, 0) is 119 Å². The molecule has 0 amide bonds. The van der Waals surface area contributed by atoms with Gasteiger partial charge in [0.25, 0.3) is 6.71 Å². The first kappa shape index (κ1) is 40.4. The summed E-state index contributed by atoms with van der Waals surface area (Å²) < 4.78 is 7.53. The van der Waals surface area contributed by atoms with Gasteiger partial charge in [-0.25, -0.2) is 0 Å². The van der Waals surface area contributed by atoms with E-state index in [9.17, 15) is 0 Å². The summed E-state index contributed by atoms with van der Waals surface area (Å²) in [5, 5.41) is 0. The highest BCUT2D eigenvalue weighted by Gasteiger charge is 2.46. The van der Waals surface area contributed by atoms with Gasteiger partial charge < -0.3 is 9.64 Å². The van der Waals surface area contributed by atoms with E-state index < -0.39 is 0 Å². The lowest BCUT2D eigenvalue weighted by atomic mass is 9.32. The molecular weight excluding hydrogens is 810 g/mol. The molecule has 0 aliphatic carbocycles. The Morgan fingerprint density at radius 3 is 1.18 bits per heavy atom. The topological polar surface area (TPSA) is 12.5 Å². The molecule has 0 saturated heterocycles. The summed E-state index contributed by atoms with van der Waals surface area (Å²) in [6.07, 6.45) is 0. The Balaban J connectivity index is 1.28. The van der Waals surface area contributed by atoms with E-state index in [-0.39, 0.29) is 12.1 Å². The highest BCUT2D eigenvalue weighted by Crippen LogP contribution is 2.52. The van der Waals surface area contributed by atoms with Crippen LogP contribution < -0.4 is 26.0 Å². The second-order valence-corrected chi connectivity index (χ2v) is 18.8. The Labute approximate surface area is 394 Å². The van der Waals surface area contributed by atoms with Gasteiger partial charge in [-0.3, -0.25) is 0 Å². The second kappa shape index (κ2) is 16.4. The third-order valence-electron chi connectivity index (χ3n) is 13.7. The van der Waals surface area contributed by atoms with Crippen LogP contribution >= 0.6 is 0 Å². The van der Waals surface area contributed by atoms with Crippen molar-refractivity contribution >= 4 is 40.2 Å². The highest BCUT2D eigenvalue weighted by molar-refractivity contribution is 7.01. The zero-order valence-corrected chi connectivity index (χ0v) is 37.9. The fourth-order valence-electron chi connectivity index (χ4n) is 10.5. The van der Waals surface area contributed by atoms with Gasteiger partial charge in [-0.1, -0.05) is 221 Å².